The molecule has 0 saturated heterocycles. The molecule has 0 heterocycles. The molecule has 2 rings (SSSR count). The molecule has 0 unspecified atom stereocenters. The Hall–Kier alpha value is -3.07. The van der Waals surface area contributed by atoms with E-state index in [4.69, 9.17) is 4.74 Å². The Morgan fingerprint density at radius 2 is 1.79 bits per heavy atom. The minimum absolute atomic E-state index is 0.173. The molecule has 33 heavy (non-hydrogen) atoms. The van der Waals surface area contributed by atoms with Crippen LogP contribution in [0.15, 0.2) is 42.5 Å². The maximum atomic E-state index is 13.5. The van der Waals surface area contributed by atoms with Gasteiger partial charge in [-0.05, 0) is 56.5 Å². The monoisotopic (exact) mass is 475 g/mol. The number of sulfonamides is 1. The fourth-order valence-electron chi connectivity index (χ4n) is 3.47. The van der Waals surface area contributed by atoms with Crippen LogP contribution in [0.5, 0.6) is 5.75 Å². The number of ether oxygens (including phenoxy) is 1. The Morgan fingerprint density at radius 1 is 1.12 bits per heavy atom. The first kappa shape index (κ1) is 26.2. The van der Waals surface area contributed by atoms with Gasteiger partial charge < -0.3 is 15.0 Å². The summed E-state index contributed by atoms with van der Waals surface area (Å²) in [6, 6.07) is 11.9. The molecular formula is C24H33N3O5S. The van der Waals surface area contributed by atoms with Crippen molar-refractivity contribution in [3.8, 4) is 5.75 Å². The van der Waals surface area contributed by atoms with E-state index in [1.54, 1.807) is 32.0 Å². The highest BCUT2D eigenvalue weighted by Crippen LogP contribution is 2.31. The van der Waals surface area contributed by atoms with Gasteiger partial charge >= 0.3 is 0 Å². The van der Waals surface area contributed by atoms with Crippen LogP contribution in [0.1, 0.15) is 30.5 Å². The van der Waals surface area contributed by atoms with E-state index in [2.05, 4.69) is 5.32 Å². The summed E-state index contributed by atoms with van der Waals surface area (Å²) in [4.78, 5) is 27.5. The summed E-state index contributed by atoms with van der Waals surface area (Å²) < 4.78 is 31.8. The molecule has 1 atom stereocenters. The maximum Gasteiger partial charge on any atom is 0.244 e. The first-order chi connectivity index (χ1) is 15.5. The largest absolute Gasteiger partial charge is 0.495 e. The average Bonchev–Trinajstić information content (AvgIpc) is 2.75. The highest BCUT2D eigenvalue weighted by atomic mass is 32.2. The second kappa shape index (κ2) is 11.2. The van der Waals surface area contributed by atoms with Crippen LogP contribution >= 0.6 is 0 Å². The van der Waals surface area contributed by atoms with E-state index in [0.717, 1.165) is 27.3 Å². The number of aryl methyl sites for hydroxylation is 2. The zero-order valence-corrected chi connectivity index (χ0v) is 20.9. The number of nitrogens with zero attached hydrogens (tertiary/aromatic N) is 2. The Bertz CT molecular complexity index is 1100. The number of carbonyl (C=O) groups excluding carboxylic acids is 2. The zero-order valence-electron chi connectivity index (χ0n) is 20.1. The van der Waals surface area contributed by atoms with Gasteiger partial charge in [0.15, 0.2) is 0 Å². The summed E-state index contributed by atoms with van der Waals surface area (Å²) in [5.41, 5.74) is 2.94. The van der Waals surface area contributed by atoms with E-state index in [1.807, 2.05) is 38.1 Å². The maximum absolute atomic E-state index is 13.5. The van der Waals surface area contributed by atoms with Crippen LogP contribution in [0.25, 0.3) is 0 Å². The first-order valence-electron chi connectivity index (χ1n) is 10.7. The van der Waals surface area contributed by atoms with Crippen LogP contribution in [-0.4, -0.2) is 57.6 Å². The highest BCUT2D eigenvalue weighted by Gasteiger charge is 2.31. The van der Waals surface area contributed by atoms with Crippen LogP contribution in [-0.2, 0) is 26.2 Å². The lowest BCUT2D eigenvalue weighted by atomic mass is 10.1. The molecule has 0 aliphatic rings. The number of rotatable bonds is 10. The van der Waals surface area contributed by atoms with Crippen molar-refractivity contribution in [2.75, 3.05) is 30.8 Å². The third kappa shape index (κ3) is 6.71. The van der Waals surface area contributed by atoms with Crippen LogP contribution < -0.4 is 14.4 Å². The van der Waals surface area contributed by atoms with Crippen LogP contribution in [0, 0.1) is 13.8 Å². The Labute approximate surface area is 196 Å². The van der Waals surface area contributed by atoms with E-state index >= 15 is 0 Å². The summed E-state index contributed by atoms with van der Waals surface area (Å²) in [7, 11) is -2.39. The molecule has 9 heteroatoms. The van der Waals surface area contributed by atoms with Gasteiger partial charge in [0.1, 0.15) is 18.3 Å². The van der Waals surface area contributed by atoms with Crippen molar-refractivity contribution in [3.63, 3.8) is 0 Å². The van der Waals surface area contributed by atoms with Crippen LogP contribution in [0.3, 0.4) is 0 Å². The first-order valence-corrected chi connectivity index (χ1v) is 12.6. The predicted molar refractivity (Wildman–Crippen MR) is 130 cm³/mol. The number of hydrogen-bond donors (Lipinski definition) is 1. The molecule has 0 bridgehead atoms. The Balaban J connectivity index is 2.47. The number of methoxy groups -OCH3 is 1. The Kier molecular flexibility index (Phi) is 8.87. The number of carbonyl (C=O) groups is 2. The smallest absolute Gasteiger partial charge is 0.244 e. The van der Waals surface area contributed by atoms with Gasteiger partial charge in [0.05, 0.1) is 19.1 Å². The summed E-state index contributed by atoms with van der Waals surface area (Å²) >= 11 is 0. The van der Waals surface area contributed by atoms with Crippen molar-refractivity contribution in [2.24, 2.45) is 0 Å². The third-order valence-corrected chi connectivity index (χ3v) is 6.53. The lowest BCUT2D eigenvalue weighted by Crippen LogP contribution is -2.51. The van der Waals surface area contributed by atoms with Gasteiger partial charge in [-0.15, -0.1) is 0 Å². The number of nitrogens with one attached hydrogen (secondary N) is 1. The second-order valence-corrected chi connectivity index (χ2v) is 9.87. The minimum atomic E-state index is -3.83. The standard InChI is InChI=1S/C24H33N3O5S/c1-7-25-24(29)19(4)26(15-20-11-9-8-10-18(20)3)23(28)16-27(33(6,30)31)21-14-17(2)12-13-22(21)32-5/h8-14,19H,7,15-16H2,1-6H3,(H,25,29)/t19-/m1/s1. The summed E-state index contributed by atoms with van der Waals surface area (Å²) in [6.45, 7) is 7.32. The van der Waals surface area contributed by atoms with E-state index in [9.17, 15) is 18.0 Å². The highest BCUT2D eigenvalue weighted by molar-refractivity contribution is 7.92. The van der Waals surface area contributed by atoms with Crippen molar-refractivity contribution in [3.05, 3.63) is 59.2 Å². The summed E-state index contributed by atoms with van der Waals surface area (Å²) in [5.74, 6) is -0.467. The van der Waals surface area contributed by atoms with Gasteiger partial charge in [0, 0.05) is 13.1 Å². The normalized spacial score (nSPS) is 12.1. The van der Waals surface area contributed by atoms with Crippen molar-refractivity contribution in [1.29, 1.82) is 0 Å². The Morgan fingerprint density at radius 3 is 2.36 bits per heavy atom. The molecule has 2 aromatic carbocycles. The van der Waals surface area contributed by atoms with E-state index in [0.29, 0.717) is 12.3 Å². The van der Waals surface area contributed by atoms with Crippen molar-refractivity contribution < 1.29 is 22.7 Å². The fraction of sp³-hybridized carbons (Fsp3) is 0.417. The van der Waals surface area contributed by atoms with Crippen molar-refractivity contribution >= 4 is 27.5 Å². The quantitative estimate of drug-likeness (QED) is 0.570. The van der Waals surface area contributed by atoms with E-state index in [-0.39, 0.29) is 18.1 Å². The van der Waals surface area contributed by atoms with Gasteiger partial charge in [0.25, 0.3) is 0 Å². The lowest BCUT2D eigenvalue weighted by molar-refractivity contribution is -0.139. The summed E-state index contributed by atoms with van der Waals surface area (Å²) in [6.07, 6.45) is 1.04. The van der Waals surface area contributed by atoms with E-state index in [1.165, 1.54) is 12.0 Å². The topological polar surface area (TPSA) is 96.0 Å². The lowest BCUT2D eigenvalue weighted by Gasteiger charge is -2.32. The van der Waals surface area contributed by atoms with Gasteiger partial charge in [-0.25, -0.2) is 8.42 Å². The molecule has 0 aromatic heterocycles. The van der Waals surface area contributed by atoms with Gasteiger partial charge in [-0.2, -0.15) is 0 Å². The summed E-state index contributed by atoms with van der Waals surface area (Å²) in [5, 5.41) is 2.74. The molecule has 8 nitrogen and oxygen atoms in total. The molecule has 1 N–H and O–H groups in total. The SMILES string of the molecule is CCNC(=O)[C@@H](C)N(Cc1ccccc1C)C(=O)CN(c1cc(C)ccc1OC)S(C)(=O)=O. The van der Waals surface area contributed by atoms with Gasteiger partial charge in [-0.3, -0.25) is 13.9 Å². The third-order valence-electron chi connectivity index (χ3n) is 5.40. The molecule has 0 saturated carbocycles. The van der Waals surface area contributed by atoms with Crippen molar-refractivity contribution in [1.82, 2.24) is 10.2 Å². The predicted octanol–water partition coefficient (Wildman–Crippen LogP) is 2.63. The molecule has 2 amide bonds. The van der Waals surface area contributed by atoms with E-state index < -0.39 is 28.5 Å². The molecule has 180 valence electrons. The zero-order chi connectivity index (χ0) is 24.8. The minimum Gasteiger partial charge on any atom is -0.495 e. The van der Waals surface area contributed by atoms with Crippen LogP contribution in [0.2, 0.25) is 0 Å². The van der Waals surface area contributed by atoms with Crippen LogP contribution in [0.4, 0.5) is 5.69 Å². The van der Waals surface area contributed by atoms with Gasteiger partial charge in [0.2, 0.25) is 21.8 Å². The number of benzene rings is 2. The molecule has 0 aliphatic heterocycles. The second-order valence-electron chi connectivity index (χ2n) is 7.96. The average molecular weight is 476 g/mol. The number of hydrogen-bond acceptors (Lipinski definition) is 5. The molecule has 0 radical (unpaired) electrons. The number of amides is 2. The number of likely N-dealkylation sites (N-methyl/N-ethyl adjacent to an activating group) is 1. The number of anilines is 1. The molecular weight excluding hydrogens is 442 g/mol. The molecule has 0 fully saturated rings. The van der Waals surface area contributed by atoms with Gasteiger partial charge in [-0.1, -0.05) is 30.3 Å². The molecule has 0 aliphatic carbocycles. The molecule has 0 spiro atoms. The van der Waals surface area contributed by atoms with Crippen molar-refractivity contribution in [2.45, 2.75) is 40.3 Å². The molecule has 2 aromatic rings. The fourth-order valence-corrected chi connectivity index (χ4v) is 4.31.